The zero-order valence-electron chi connectivity index (χ0n) is 20.7. The zero-order chi connectivity index (χ0) is 26.0. The van der Waals surface area contributed by atoms with Crippen LogP contribution >= 0.6 is 0 Å². The van der Waals surface area contributed by atoms with Crippen LogP contribution in [0, 0.1) is 0 Å². The molecule has 0 saturated carbocycles. The van der Waals surface area contributed by atoms with Gasteiger partial charge in [-0.05, 0) is 36.6 Å². The molecular formula is C26H30N6O5. The summed E-state index contributed by atoms with van der Waals surface area (Å²) < 4.78 is 10.8. The zero-order valence-corrected chi connectivity index (χ0v) is 20.7. The van der Waals surface area contributed by atoms with Crippen molar-refractivity contribution in [3.05, 3.63) is 57.2 Å². The Morgan fingerprint density at radius 3 is 2.95 bits per heavy atom. The van der Waals surface area contributed by atoms with Crippen molar-refractivity contribution in [3.8, 4) is 11.5 Å². The third-order valence-corrected chi connectivity index (χ3v) is 5.67. The average molecular weight is 507 g/mol. The first kappa shape index (κ1) is 25.7. The van der Waals surface area contributed by atoms with Crippen LogP contribution < -0.4 is 36.1 Å². The molecule has 1 aromatic carbocycles. The molecule has 1 aromatic heterocycles. The molecular weight excluding hydrogens is 476 g/mol. The summed E-state index contributed by atoms with van der Waals surface area (Å²) in [6, 6.07) is 5.30. The van der Waals surface area contributed by atoms with E-state index in [1.54, 1.807) is 18.4 Å². The number of carbonyl (C=O) groups excluding carboxylic acids is 1. The summed E-state index contributed by atoms with van der Waals surface area (Å²) in [6.07, 6.45) is 8.78. The maximum Gasteiger partial charge on any atom is 0.272 e. The van der Waals surface area contributed by atoms with Crippen molar-refractivity contribution in [1.82, 2.24) is 15.5 Å². The molecule has 1 amide bonds. The first-order chi connectivity index (χ1) is 18.1. The van der Waals surface area contributed by atoms with Gasteiger partial charge < -0.3 is 24.9 Å². The third-order valence-electron chi connectivity index (χ3n) is 5.67. The lowest BCUT2D eigenvalue weighted by Gasteiger charge is -2.15. The number of amides is 1. The van der Waals surface area contributed by atoms with E-state index in [1.807, 2.05) is 31.2 Å². The number of anilines is 1. The van der Waals surface area contributed by atoms with E-state index >= 15 is 0 Å². The summed E-state index contributed by atoms with van der Waals surface area (Å²) in [4.78, 5) is 34.2. The van der Waals surface area contributed by atoms with E-state index in [0.29, 0.717) is 54.4 Å². The summed E-state index contributed by atoms with van der Waals surface area (Å²) in [7, 11) is 0. The molecule has 4 rings (SSSR count). The van der Waals surface area contributed by atoms with Gasteiger partial charge in [0.2, 0.25) is 18.6 Å². The van der Waals surface area contributed by atoms with Crippen LogP contribution in [-0.4, -0.2) is 48.1 Å². The van der Waals surface area contributed by atoms with Gasteiger partial charge >= 0.3 is 0 Å². The standard InChI is InChI=1S/C26H30N6O5/c1-3-6-18-19(7-4-2)26(34)32-31-25(18)28-13-5-12-27-23(33)10-11-24-30-20(15-29-37-24)17-8-9-21-22(14-17)36-16-35-21/h4,6-9,14-15,20H,2-3,5,10-13,16H2,1H3,(H,27,33)(H,28,31)(H,32,34)/b18-6+,19-7+. The molecule has 3 N–H and O–H groups in total. The smallest absolute Gasteiger partial charge is 0.272 e. The molecule has 2 aliphatic rings. The Bertz CT molecular complexity index is 1380. The highest BCUT2D eigenvalue weighted by atomic mass is 16.7. The van der Waals surface area contributed by atoms with Gasteiger partial charge in [0.25, 0.3) is 5.56 Å². The van der Waals surface area contributed by atoms with E-state index in [-0.39, 0.29) is 30.7 Å². The van der Waals surface area contributed by atoms with Crippen LogP contribution in [0.15, 0.2) is 45.8 Å². The average Bonchev–Trinajstić information content (AvgIpc) is 3.39. The number of aromatic nitrogens is 2. The Morgan fingerprint density at radius 2 is 2.11 bits per heavy atom. The Hall–Kier alpha value is -4.41. The number of rotatable bonds is 11. The predicted octanol–water partition coefficient (Wildman–Crippen LogP) is 1.51. The van der Waals surface area contributed by atoms with Crippen LogP contribution in [0.3, 0.4) is 0 Å². The van der Waals surface area contributed by atoms with E-state index in [4.69, 9.17) is 14.3 Å². The summed E-state index contributed by atoms with van der Waals surface area (Å²) in [6.45, 7) is 6.92. The second-order valence-electron chi connectivity index (χ2n) is 8.30. The van der Waals surface area contributed by atoms with Gasteiger partial charge in [0.15, 0.2) is 17.3 Å². The summed E-state index contributed by atoms with van der Waals surface area (Å²) in [5.41, 5.74) is 0.633. The van der Waals surface area contributed by atoms with E-state index < -0.39 is 0 Å². The van der Waals surface area contributed by atoms with Gasteiger partial charge in [-0.15, -0.1) is 0 Å². The maximum absolute atomic E-state index is 12.3. The fraction of sp³-hybridized carbons (Fsp3) is 0.346. The minimum atomic E-state index is -0.312. The van der Waals surface area contributed by atoms with Gasteiger partial charge in [0, 0.05) is 31.1 Å². The number of ether oxygens (including phenoxy) is 2. The maximum atomic E-state index is 12.3. The monoisotopic (exact) mass is 506 g/mol. The van der Waals surface area contributed by atoms with Crippen molar-refractivity contribution >= 4 is 36.0 Å². The number of H-pyrrole nitrogens is 1. The molecule has 3 heterocycles. The number of fused-ring (bicyclic) bond motifs is 1. The molecule has 1 atom stereocenters. The van der Waals surface area contributed by atoms with E-state index in [1.165, 1.54) is 0 Å². The van der Waals surface area contributed by atoms with Crippen LogP contribution in [0.1, 0.15) is 44.2 Å². The lowest BCUT2D eigenvalue weighted by molar-refractivity contribution is -0.121. The Labute approximate surface area is 213 Å². The fourth-order valence-corrected chi connectivity index (χ4v) is 3.87. The molecule has 0 fully saturated rings. The van der Waals surface area contributed by atoms with Crippen molar-refractivity contribution in [2.24, 2.45) is 10.1 Å². The minimum absolute atomic E-state index is 0.106. The van der Waals surface area contributed by atoms with Crippen molar-refractivity contribution in [2.45, 2.75) is 38.6 Å². The minimum Gasteiger partial charge on any atom is -0.454 e. The number of allylic oxidation sites excluding steroid dienone is 1. The number of benzene rings is 1. The normalized spacial score (nSPS) is 16.8. The number of hydrogen-bond acceptors (Lipinski definition) is 9. The molecule has 11 nitrogen and oxygen atoms in total. The number of aliphatic imine (C=N–C) groups is 1. The number of oxime groups is 1. The molecule has 0 radical (unpaired) electrons. The van der Waals surface area contributed by atoms with Crippen molar-refractivity contribution < 1.29 is 19.1 Å². The van der Waals surface area contributed by atoms with Crippen molar-refractivity contribution in [1.29, 1.82) is 0 Å². The topological polar surface area (TPSA) is 139 Å². The van der Waals surface area contributed by atoms with Crippen molar-refractivity contribution in [3.63, 3.8) is 0 Å². The van der Waals surface area contributed by atoms with Crippen molar-refractivity contribution in [2.75, 3.05) is 25.2 Å². The quantitative estimate of drug-likeness (QED) is 0.393. The predicted molar refractivity (Wildman–Crippen MR) is 141 cm³/mol. The summed E-state index contributed by atoms with van der Waals surface area (Å²) >= 11 is 0. The molecule has 2 aliphatic heterocycles. The fourth-order valence-electron chi connectivity index (χ4n) is 3.87. The van der Waals surface area contributed by atoms with Gasteiger partial charge in [-0.1, -0.05) is 36.9 Å². The molecule has 1 unspecified atom stereocenters. The highest BCUT2D eigenvalue weighted by molar-refractivity contribution is 5.86. The first-order valence-corrected chi connectivity index (χ1v) is 12.2. The Kier molecular flexibility index (Phi) is 8.69. The Morgan fingerprint density at radius 1 is 1.24 bits per heavy atom. The molecule has 2 aromatic rings. The molecule has 0 aliphatic carbocycles. The number of nitrogens with zero attached hydrogens (tertiary/aromatic N) is 3. The molecule has 0 spiro atoms. The summed E-state index contributed by atoms with van der Waals surface area (Å²) in [5, 5.41) is 17.9. The van der Waals surface area contributed by atoms with E-state index in [2.05, 4.69) is 37.6 Å². The number of aromatic amines is 1. The summed E-state index contributed by atoms with van der Waals surface area (Å²) in [5.74, 6) is 2.26. The van der Waals surface area contributed by atoms with Gasteiger partial charge in [0.05, 0.1) is 11.4 Å². The number of carbonyl (C=O) groups is 1. The first-order valence-electron chi connectivity index (χ1n) is 12.2. The molecule has 0 saturated heterocycles. The Balaban J connectivity index is 1.22. The molecule has 37 heavy (non-hydrogen) atoms. The van der Waals surface area contributed by atoms with Gasteiger partial charge in [0.1, 0.15) is 6.04 Å². The largest absolute Gasteiger partial charge is 0.454 e. The van der Waals surface area contributed by atoms with Gasteiger partial charge in [-0.2, -0.15) is 5.10 Å². The lowest BCUT2D eigenvalue weighted by atomic mass is 10.1. The van der Waals surface area contributed by atoms with Crippen LogP contribution in [0.5, 0.6) is 11.5 Å². The second kappa shape index (κ2) is 12.5. The van der Waals surface area contributed by atoms with E-state index in [9.17, 15) is 9.59 Å². The van der Waals surface area contributed by atoms with Crippen LogP contribution in [-0.2, 0) is 9.63 Å². The third kappa shape index (κ3) is 6.63. The molecule has 11 heteroatoms. The van der Waals surface area contributed by atoms with Crippen LogP contribution in [0.25, 0.3) is 12.2 Å². The lowest BCUT2D eigenvalue weighted by Crippen LogP contribution is -2.43. The highest BCUT2D eigenvalue weighted by Crippen LogP contribution is 2.35. The van der Waals surface area contributed by atoms with Gasteiger partial charge in [-0.25, -0.2) is 10.1 Å². The van der Waals surface area contributed by atoms with Gasteiger partial charge in [-0.3, -0.25) is 9.59 Å². The molecule has 0 bridgehead atoms. The number of nitrogens with one attached hydrogen (secondary N) is 3. The second-order valence-corrected chi connectivity index (χ2v) is 8.30. The highest BCUT2D eigenvalue weighted by Gasteiger charge is 2.20. The van der Waals surface area contributed by atoms with Crippen LogP contribution in [0.2, 0.25) is 0 Å². The van der Waals surface area contributed by atoms with E-state index in [0.717, 1.165) is 17.2 Å². The molecule has 194 valence electrons. The number of hydrogen-bond donors (Lipinski definition) is 3. The SMILES string of the molecule is C=C/C=c1/c(=O)[nH]nc(NCCCNC(=O)CCC2=NC(c3ccc4c(c3)OCO4)C=NO2)/c1=C/CC. The van der Waals surface area contributed by atoms with Crippen LogP contribution in [0.4, 0.5) is 5.82 Å².